The third kappa shape index (κ3) is 3.28. The zero-order chi connectivity index (χ0) is 17.2. The van der Waals surface area contributed by atoms with Crippen LogP contribution in [0.15, 0.2) is 58.4 Å². The van der Waals surface area contributed by atoms with Crippen molar-refractivity contribution in [1.82, 2.24) is 10.0 Å². The van der Waals surface area contributed by atoms with E-state index in [0.717, 1.165) is 0 Å². The van der Waals surface area contributed by atoms with Crippen molar-refractivity contribution in [3.63, 3.8) is 0 Å². The molecule has 0 unspecified atom stereocenters. The standard InChI is InChI=1S/C16H14FN3O3S/c17-13-7-3-1-5-11(13)9-18-15(21)10-19-16-12-6-2-4-8-14(12)24(22,23)20-16/h1-8H,9-10H2,(H,18,21)(H,19,20). The molecule has 1 heterocycles. The second-order valence-corrected chi connectivity index (χ2v) is 6.79. The normalized spacial score (nSPS) is 16.5. The van der Waals surface area contributed by atoms with Crippen LogP contribution in [0.25, 0.3) is 0 Å². The van der Waals surface area contributed by atoms with Crippen LogP contribution >= 0.6 is 0 Å². The minimum atomic E-state index is -3.63. The Morgan fingerprint density at radius 3 is 2.62 bits per heavy atom. The Labute approximate surface area is 138 Å². The highest BCUT2D eigenvalue weighted by Crippen LogP contribution is 2.21. The van der Waals surface area contributed by atoms with Gasteiger partial charge in [0.1, 0.15) is 18.2 Å². The lowest BCUT2D eigenvalue weighted by Gasteiger charge is -2.05. The van der Waals surface area contributed by atoms with Crippen LogP contribution in [0, 0.1) is 5.82 Å². The molecule has 0 saturated carbocycles. The first-order valence-electron chi connectivity index (χ1n) is 7.14. The number of fused-ring (bicyclic) bond motifs is 1. The summed E-state index contributed by atoms with van der Waals surface area (Å²) >= 11 is 0. The molecule has 24 heavy (non-hydrogen) atoms. The molecular formula is C16H14FN3O3S. The van der Waals surface area contributed by atoms with Crippen molar-refractivity contribution in [3.05, 3.63) is 65.5 Å². The first-order valence-corrected chi connectivity index (χ1v) is 8.62. The highest BCUT2D eigenvalue weighted by Gasteiger charge is 2.30. The number of amides is 1. The molecule has 0 aromatic heterocycles. The smallest absolute Gasteiger partial charge is 0.263 e. The van der Waals surface area contributed by atoms with Crippen LogP contribution in [0.5, 0.6) is 0 Å². The molecule has 0 atom stereocenters. The number of carbonyl (C=O) groups excluding carboxylic acids is 1. The van der Waals surface area contributed by atoms with Crippen molar-refractivity contribution >= 4 is 21.8 Å². The summed E-state index contributed by atoms with van der Waals surface area (Å²) in [7, 11) is -3.63. The zero-order valence-electron chi connectivity index (χ0n) is 12.5. The maximum Gasteiger partial charge on any atom is 0.263 e. The number of hydrogen-bond donors (Lipinski definition) is 2. The Balaban J connectivity index is 1.66. The molecule has 1 aliphatic rings. The number of carbonyl (C=O) groups is 1. The number of amidine groups is 1. The van der Waals surface area contributed by atoms with E-state index in [1.165, 1.54) is 12.1 Å². The van der Waals surface area contributed by atoms with E-state index in [0.29, 0.717) is 11.1 Å². The fraction of sp³-hybridized carbons (Fsp3) is 0.125. The number of halogens is 1. The Hall–Kier alpha value is -2.74. The topological polar surface area (TPSA) is 87.6 Å². The van der Waals surface area contributed by atoms with Crippen LogP contribution in [-0.4, -0.2) is 26.7 Å². The predicted molar refractivity (Wildman–Crippen MR) is 86.4 cm³/mol. The van der Waals surface area contributed by atoms with E-state index in [-0.39, 0.29) is 23.8 Å². The van der Waals surface area contributed by atoms with Crippen LogP contribution in [0.1, 0.15) is 11.1 Å². The SMILES string of the molecule is O=C(CN=C1NS(=O)(=O)c2ccccc21)NCc1ccccc1F. The molecule has 0 aliphatic carbocycles. The van der Waals surface area contributed by atoms with Crippen molar-refractivity contribution < 1.29 is 17.6 Å². The lowest BCUT2D eigenvalue weighted by Crippen LogP contribution is -2.28. The number of rotatable bonds is 4. The summed E-state index contributed by atoms with van der Waals surface area (Å²) < 4.78 is 39.6. The van der Waals surface area contributed by atoms with Crippen LogP contribution in [0.4, 0.5) is 4.39 Å². The summed E-state index contributed by atoms with van der Waals surface area (Å²) in [5, 5.41) is 2.55. The molecular weight excluding hydrogens is 333 g/mol. The molecule has 124 valence electrons. The summed E-state index contributed by atoms with van der Waals surface area (Å²) in [4.78, 5) is 16.0. The Bertz CT molecular complexity index is 926. The number of nitrogens with one attached hydrogen (secondary N) is 2. The molecule has 3 rings (SSSR count). The van der Waals surface area contributed by atoms with Crippen molar-refractivity contribution in [3.8, 4) is 0 Å². The Morgan fingerprint density at radius 2 is 1.83 bits per heavy atom. The van der Waals surface area contributed by atoms with Crippen LogP contribution in [0.3, 0.4) is 0 Å². The molecule has 2 N–H and O–H groups in total. The van der Waals surface area contributed by atoms with Gasteiger partial charge >= 0.3 is 0 Å². The van der Waals surface area contributed by atoms with Gasteiger partial charge in [0.05, 0.1) is 4.90 Å². The molecule has 2 aromatic rings. The summed E-state index contributed by atoms with van der Waals surface area (Å²) in [5.74, 6) is -0.706. The minimum absolute atomic E-state index is 0.0404. The van der Waals surface area contributed by atoms with E-state index in [9.17, 15) is 17.6 Å². The largest absolute Gasteiger partial charge is 0.350 e. The molecule has 6 nitrogen and oxygen atoms in total. The highest BCUT2D eigenvalue weighted by atomic mass is 32.2. The van der Waals surface area contributed by atoms with E-state index in [1.54, 1.807) is 36.4 Å². The number of aliphatic imine (C=N–C) groups is 1. The Kier molecular flexibility index (Phi) is 4.30. The molecule has 1 aliphatic heterocycles. The van der Waals surface area contributed by atoms with Crippen molar-refractivity contribution in [2.24, 2.45) is 4.99 Å². The molecule has 0 saturated heterocycles. The molecule has 8 heteroatoms. The third-order valence-electron chi connectivity index (χ3n) is 3.48. The lowest BCUT2D eigenvalue weighted by molar-refractivity contribution is -0.119. The lowest BCUT2D eigenvalue weighted by atomic mass is 10.2. The first kappa shape index (κ1) is 16.1. The Morgan fingerprint density at radius 1 is 1.12 bits per heavy atom. The van der Waals surface area contributed by atoms with Gasteiger partial charge in [-0.05, 0) is 18.2 Å². The zero-order valence-corrected chi connectivity index (χ0v) is 13.3. The van der Waals surface area contributed by atoms with Gasteiger partial charge < -0.3 is 5.32 Å². The van der Waals surface area contributed by atoms with Gasteiger partial charge in [-0.2, -0.15) is 0 Å². The number of sulfonamides is 1. The highest BCUT2D eigenvalue weighted by molar-refractivity contribution is 7.90. The second kappa shape index (κ2) is 6.40. The fourth-order valence-electron chi connectivity index (χ4n) is 2.29. The van der Waals surface area contributed by atoms with E-state index >= 15 is 0 Å². The van der Waals surface area contributed by atoms with Gasteiger partial charge in [-0.3, -0.25) is 14.5 Å². The van der Waals surface area contributed by atoms with Crippen LogP contribution in [-0.2, 0) is 21.4 Å². The van der Waals surface area contributed by atoms with Gasteiger partial charge in [0.2, 0.25) is 5.91 Å². The minimum Gasteiger partial charge on any atom is -0.350 e. The first-order chi connectivity index (χ1) is 11.5. The van der Waals surface area contributed by atoms with E-state index in [4.69, 9.17) is 0 Å². The van der Waals surface area contributed by atoms with Gasteiger partial charge in [0.25, 0.3) is 10.0 Å². The van der Waals surface area contributed by atoms with Gasteiger partial charge in [0, 0.05) is 17.7 Å². The number of nitrogens with zero attached hydrogens (tertiary/aromatic N) is 1. The van der Waals surface area contributed by atoms with E-state index in [1.807, 2.05) is 0 Å². The average molecular weight is 347 g/mol. The van der Waals surface area contributed by atoms with Crippen molar-refractivity contribution in [1.29, 1.82) is 0 Å². The number of benzene rings is 2. The van der Waals surface area contributed by atoms with E-state index in [2.05, 4.69) is 15.0 Å². The molecule has 0 radical (unpaired) electrons. The van der Waals surface area contributed by atoms with Crippen molar-refractivity contribution in [2.75, 3.05) is 6.54 Å². The molecule has 2 aromatic carbocycles. The summed E-state index contributed by atoms with van der Waals surface area (Å²) in [6.45, 7) is -0.223. The monoisotopic (exact) mass is 347 g/mol. The molecule has 0 bridgehead atoms. The average Bonchev–Trinajstić information content (AvgIpc) is 2.83. The third-order valence-corrected chi connectivity index (χ3v) is 4.87. The summed E-state index contributed by atoms with van der Waals surface area (Å²) in [5.41, 5.74) is 0.796. The summed E-state index contributed by atoms with van der Waals surface area (Å²) in [6.07, 6.45) is 0. The quantitative estimate of drug-likeness (QED) is 0.871. The van der Waals surface area contributed by atoms with Crippen LogP contribution in [0.2, 0.25) is 0 Å². The maximum absolute atomic E-state index is 13.5. The second-order valence-electron chi connectivity index (χ2n) is 5.13. The summed E-state index contributed by atoms with van der Waals surface area (Å²) in [6, 6.07) is 12.5. The molecule has 1 amide bonds. The van der Waals surface area contributed by atoms with Gasteiger partial charge in [0.15, 0.2) is 0 Å². The van der Waals surface area contributed by atoms with Crippen molar-refractivity contribution in [2.45, 2.75) is 11.4 Å². The number of hydrogen-bond acceptors (Lipinski definition) is 4. The molecule has 0 fully saturated rings. The van der Waals surface area contributed by atoms with E-state index < -0.39 is 21.7 Å². The van der Waals surface area contributed by atoms with Crippen LogP contribution < -0.4 is 10.0 Å². The predicted octanol–water partition coefficient (Wildman–Crippen LogP) is 1.18. The molecule has 0 spiro atoms. The van der Waals surface area contributed by atoms with Gasteiger partial charge in [-0.25, -0.2) is 12.8 Å². The van der Waals surface area contributed by atoms with Gasteiger partial charge in [-0.1, -0.05) is 30.3 Å². The fourth-order valence-corrected chi connectivity index (χ4v) is 3.54. The maximum atomic E-state index is 13.5. The van der Waals surface area contributed by atoms with Gasteiger partial charge in [-0.15, -0.1) is 0 Å².